The smallest absolute Gasteiger partial charge is 0.254 e. The van der Waals surface area contributed by atoms with E-state index in [2.05, 4.69) is 17.1 Å². The summed E-state index contributed by atoms with van der Waals surface area (Å²) in [6.07, 6.45) is 2.54. The van der Waals surface area contributed by atoms with Gasteiger partial charge in [-0.2, -0.15) is 0 Å². The summed E-state index contributed by atoms with van der Waals surface area (Å²) in [5.41, 5.74) is 0.949. The molecule has 1 aromatic rings. The Morgan fingerprint density at radius 2 is 2.10 bits per heavy atom. The van der Waals surface area contributed by atoms with Gasteiger partial charge in [0.25, 0.3) is 5.91 Å². The Balaban J connectivity index is 1.81. The molecular formula is C16H23FN2O. The fourth-order valence-electron chi connectivity index (χ4n) is 2.64. The van der Waals surface area contributed by atoms with E-state index in [9.17, 15) is 9.18 Å². The van der Waals surface area contributed by atoms with Crippen molar-refractivity contribution in [1.29, 1.82) is 0 Å². The molecule has 1 aromatic carbocycles. The quantitative estimate of drug-likeness (QED) is 0.898. The van der Waals surface area contributed by atoms with Crippen LogP contribution in [0.3, 0.4) is 0 Å². The van der Waals surface area contributed by atoms with Gasteiger partial charge in [-0.15, -0.1) is 0 Å². The average Bonchev–Trinajstić information content (AvgIpc) is 2.89. The van der Waals surface area contributed by atoms with Crippen LogP contribution in [0.1, 0.15) is 35.7 Å². The van der Waals surface area contributed by atoms with Gasteiger partial charge in [-0.05, 0) is 56.5 Å². The van der Waals surface area contributed by atoms with Crippen LogP contribution < -0.4 is 5.32 Å². The molecule has 0 aromatic heterocycles. The third-order valence-corrected chi connectivity index (χ3v) is 3.75. The van der Waals surface area contributed by atoms with Crippen molar-refractivity contribution in [1.82, 2.24) is 10.2 Å². The first kappa shape index (κ1) is 15.0. The third kappa shape index (κ3) is 4.04. The molecular weight excluding hydrogens is 255 g/mol. The molecule has 1 heterocycles. The molecule has 1 aliphatic rings. The van der Waals surface area contributed by atoms with E-state index < -0.39 is 5.82 Å². The summed E-state index contributed by atoms with van der Waals surface area (Å²) in [6.45, 7) is 7.82. The van der Waals surface area contributed by atoms with Crippen LogP contribution in [0.4, 0.5) is 4.39 Å². The van der Waals surface area contributed by atoms with Gasteiger partial charge in [-0.3, -0.25) is 4.79 Å². The van der Waals surface area contributed by atoms with Crippen molar-refractivity contribution in [2.45, 2.75) is 26.7 Å². The van der Waals surface area contributed by atoms with Crippen LogP contribution in [0.25, 0.3) is 0 Å². The molecule has 1 unspecified atom stereocenters. The normalized spacial score (nSPS) is 17.1. The minimum Gasteiger partial charge on any atom is -0.352 e. The highest BCUT2D eigenvalue weighted by Gasteiger charge is 2.16. The highest BCUT2D eigenvalue weighted by molar-refractivity contribution is 5.94. The first-order valence-electron chi connectivity index (χ1n) is 7.33. The zero-order valence-electron chi connectivity index (χ0n) is 12.3. The molecule has 1 fully saturated rings. The minimum absolute atomic E-state index is 0.129. The van der Waals surface area contributed by atoms with E-state index in [1.54, 1.807) is 12.1 Å². The molecule has 0 aliphatic carbocycles. The van der Waals surface area contributed by atoms with E-state index in [1.165, 1.54) is 18.9 Å². The Bertz CT molecular complexity index is 470. The lowest BCUT2D eigenvalue weighted by molar-refractivity contribution is 0.0941. The average molecular weight is 278 g/mol. The fourth-order valence-corrected chi connectivity index (χ4v) is 2.64. The van der Waals surface area contributed by atoms with Crippen molar-refractivity contribution < 1.29 is 9.18 Å². The molecule has 0 spiro atoms. The van der Waals surface area contributed by atoms with Gasteiger partial charge in [0.2, 0.25) is 0 Å². The number of hydrogen-bond acceptors (Lipinski definition) is 2. The van der Waals surface area contributed by atoms with Crippen molar-refractivity contribution in [3.8, 4) is 0 Å². The summed E-state index contributed by atoms with van der Waals surface area (Å²) < 4.78 is 13.7. The van der Waals surface area contributed by atoms with E-state index in [1.807, 2.05) is 6.92 Å². The number of halogens is 1. The second-order valence-electron chi connectivity index (χ2n) is 5.81. The van der Waals surface area contributed by atoms with Gasteiger partial charge < -0.3 is 10.2 Å². The molecule has 3 nitrogen and oxygen atoms in total. The predicted octanol–water partition coefficient (Wildman–Crippen LogP) is 2.60. The summed E-state index contributed by atoms with van der Waals surface area (Å²) in [5, 5.41) is 2.83. The molecule has 1 atom stereocenters. The van der Waals surface area contributed by atoms with E-state index >= 15 is 0 Å². The molecule has 110 valence electrons. The molecule has 4 heteroatoms. The van der Waals surface area contributed by atoms with Gasteiger partial charge in [-0.25, -0.2) is 4.39 Å². The van der Waals surface area contributed by atoms with Crippen molar-refractivity contribution in [3.63, 3.8) is 0 Å². The second-order valence-corrected chi connectivity index (χ2v) is 5.81. The molecule has 0 bridgehead atoms. The van der Waals surface area contributed by atoms with Crippen LogP contribution in [-0.2, 0) is 0 Å². The Labute approximate surface area is 120 Å². The van der Waals surface area contributed by atoms with E-state index in [0.717, 1.165) is 25.2 Å². The van der Waals surface area contributed by atoms with Crippen molar-refractivity contribution >= 4 is 5.91 Å². The van der Waals surface area contributed by atoms with E-state index in [0.29, 0.717) is 12.5 Å². The molecule has 0 radical (unpaired) electrons. The van der Waals surface area contributed by atoms with Crippen LogP contribution in [0, 0.1) is 18.7 Å². The summed E-state index contributed by atoms with van der Waals surface area (Å²) >= 11 is 0. The molecule has 20 heavy (non-hydrogen) atoms. The van der Waals surface area contributed by atoms with E-state index in [4.69, 9.17) is 0 Å². The summed E-state index contributed by atoms with van der Waals surface area (Å²) in [7, 11) is 0. The van der Waals surface area contributed by atoms with Crippen LogP contribution in [0.5, 0.6) is 0 Å². The summed E-state index contributed by atoms with van der Waals surface area (Å²) in [5.74, 6) is -0.393. The van der Waals surface area contributed by atoms with Crippen molar-refractivity contribution in [3.05, 3.63) is 35.1 Å². The van der Waals surface area contributed by atoms with E-state index in [-0.39, 0.29) is 11.5 Å². The zero-order chi connectivity index (χ0) is 14.5. The largest absolute Gasteiger partial charge is 0.352 e. The van der Waals surface area contributed by atoms with Crippen LogP contribution in [0.2, 0.25) is 0 Å². The topological polar surface area (TPSA) is 32.3 Å². The summed E-state index contributed by atoms with van der Waals surface area (Å²) in [6, 6.07) is 4.69. The molecule has 0 saturated carbocycles. The SMILES string of the molecule is Cc1ccc(C(=O)NCC(C)CN2CCCC2)c(F)c1. The monoisotopic (exact) mass is 278 g/mol. The number of carbonyl (C=O) groups is 1. The highest BCUT2D eigenvalue weighted by Crippen LogP contribution is 2.11. The Kier molecular flexibility index (Phi) is 5.12. The van der Waals surface area contributed by atoms with Crippen molar-refractivity contribution in [2.24, 2.45) is 5.92 Å². The Hall–Kier alpha value is -1.42. The molecule has 1 N–H and O–H groups in total. The van der Waals surface area contributed by atoms with Crippen LogP contribution in [-0.4, -0.2) is 37.0 Å². The number of carbonyl (C=O) groups excluding carboxylic acids is 1. The summed E-state index contributed by atoms with van der Waals surface area (Å²) in [4.78, 5) is 14.4. The number of likely N-dealkylation sites (tertiary alicyclic amines) is 1. The predicted molar refractivity (Wildman–Crippen MR) is 78.3 cm³/mol. The zero-order valence-corrected chi connectivity index (χ0v) is 12.3. The third-order valence-electron chi connectivity index (χ3n) is 3.75. The maximum absolute atomic E-state index is 13.7. The minimum atomic E-state index is -0.449. The lowest BCUT2D eigenvalue weighted by atomic mass is 10.1. The highest BCUT2D eigenvalue weighted by atomic mass is 19.1. The number of benzene rings is 1. The maximum atomic E-state index is 13.7. The Morgan fingerprint density at radius 3 is 2.75 bits per heavy atom. The fraction of sp³-hybridized carbons (Fsp3) is 0.562. The second kappa shape index (κ2) is 6.84. The van der Waals surface area contributed by atoms with Gasteiger partial charge in [0.05, 0.1) is 5.56 Å². The Morgan fingerprint density at radius 1 is 1.40 bits per heavy atom. The maximum Gasteiger partial charge on any atom is 0.254 e. The first-order chi connectivity index (χ1) is 9.56. The van der Waals surface area contributed by atoms with Gasteiger partial charge in [-0.1, -0.05) is 13.0 Å². The number of rotatable bonds is 5. The number of hydrogen-bond donors (Lipinski definition) is 1. The van der Waals surface area contributed by atoms with Gasteiger partial charge >= 0.3 is 0 Å². The van der Waals surface area contributed by atoms with Gasteiger partial charge in [0.1, 0.15) is 5.82 Å². The first-order valence-corrected chi connectivity index (χ1v) is 7.33. The standard InChI is InChI=1S/C16H23FN2O/c1-12-5-6-14(15(17)9-12)16(20)18-10-13(2)11-19-7-3-4-8-19/h5-6,9,13H,3-4,7-8,10-11H2,1-2H3,(H,18,20). The number of aryl methyl sites for hydroxylation is 1. The van der Waals surface area contributed by atoms with Crippen molar-refractivity contribution in [2.75, 3.05) is 26.2 Å². The molecule has 1 amide bonds. The van der Waals surface area contributed by atoms with Crippen LogP contribution >= 0.6 is 0 Å². The number of amides is 1. The lowest BCUT2D eigenvalue weighted by Crippen LogP contribution is -2.34. The molecule has 1 saturated heterocycles. The van der Waals surface area contributed by atoms with Gasteiger partial charge in [0.15, 0.2) is 0 Å². The molecule has 2 rings (SSSR count). The van der Waals surface area contributed by atoms with Gasteiger partial charge in [0, 0.05) is 13.1 Å². The number of nitrogens with zero attached hydrogens (tertiary/aromatic N) is 1. The van der Waals surface area contributed by atoms with Crippen LogP contribution in [0.15, 0.2) is 18.2 Å². The number of nitrogens with one attached hydrogen (secondary N) is 1. The molecule has 1 aliphatic heterocycles. The lowest BCUT2D eigenvalue weighted by Gasteiger charge is -2.20.